The topological polar surface area (TPSA) is 266 Å². The van der Waals surface area contributed by atoms with Crippen LogP contribution in [0, 0.1) is 29.1 Å². The zero-order chi connectivity index (χ0) is 51.7. The lowest BCUT2D eigenvalue weighted by atomic mass is 9.68. The third-order valence-electron chi connectivity index (χ3n) is 15.2. The number of ether oxygens (including phenoxy) is 6. The molecule has 3 heterocycles. The van der Waals surface area contributed by atoms with Crippen molar-refractivity contribution in [1.82, 2.24) is 10.2 Å². The number of methoxy groups -OCH3 is 1. The van der Waals surface area contributed by atoms with Gasteiger partial charge in [0, 0.05) is 56.9 Å². The molecular formula is C52H71N3O16. The van der Waals surface area contributed by atoms with Crippen LogP contribution in [0.25, 0.3) is 0 Å². The molecule has 0 spiro atoms. The summed E-state index contributed by atoms with van der Waals surface area (Å²) in [5, 5.41) is 53.3. The molecule has 3 aliphatic carbocycles. The summed E-state index contributed by atoms with van der Waals surface area (Å²) in [6, 6.07) is 3.80. The molecule has 2 saturated heterocycles. The predicted molar refractivity (Wildman–Crippen MR) is 254 cm³/mol. The number of aliphatic hydroxyl groups excluding tert-OH is 4. The first-order chi connectivity index (χ1) is 33.6. The first-order valence-electron chi connectivity index (χ1n) is 24.8. The van der Waals surface area contributed by atoms with Gasteiger partial charge in [0.1, 0.15) is 30.5 Å². The highest BCUT2D eigenvalue weighted by Gasteiger charge is 2.56. The minimum absolute atomic E-state index is 0.0138. The average Bonchev–Trinajstić information content (AvgIpc) is 3.91. The van der Waals surface area contributed by atoms with E-state index in [2.05, 4.69) is 16.7 Å². The summed E-state index contributed by atoms with van der Waals surface area (Å²) in [6.45, 7) is 12.5. The number of nitrogens with one attached hydrogen (secondary N) is 2. The Balaban J connectivity index is 1.04. The molecule has 3 fully saturated rings. The number of amides is 4. The Hall–Kier alpha value is -4.86. The van der Waals surface area contributed by atoms with E-state index in [9.17, 15) is 49.2 Å². The fraction of sp³-hybridized carbons (Fsp3) is 0.654. The van der Waals surface area contributed by atoms with Gasteiger partial charge in [0.25, 0.3) is 11.8 Å². The van der Waals surface area contributed by atoms with E-state index in [0.29, 0.717) is 37.3 Å². The second kappa shape index (κ2) is 22.1. The molecule has 7 rings (SSSR count). The Morgan fingerprint density at radius 1 is 1.01 bits per heavy atom. The number of fused-ring (bicyclic) bond motifs is 3. The van der Waals surface area contributed by atoms with Crippen molar-refractivity contribution in [3.63, 3.8) is 0 Å². The number of nitrogens with zero attached hydrogens (tertiary/aromatic N) is 1. The van der Waals surface area contributed by atoms with Crippen LogP contribution in [0.2, 0.25) is 0 Å². The molecule has 19 heteroatoms. The van der Waals surface area contributed by atoms with E-state index >= 15 is 0 Å². The normalized spacial score (nSPS) is 34.3. The fourth-order valence-electron chi connectivity index (χ4n) is 11.3. The van der Waals surface area contributed by atoms with Crippen LogP contribution in [0.4, 0.5) is 5.69 Å². The summed E-state index contributed by atoms with van der Waals surface area (Å²) in [7, 11) is 1.65. The Morgan fingerprint density at radius 2 is 1.76 bits per heavy atom. The van der Waals surface area contributed by atoms with E-state index in [1.54, 1.807) is 33.1 Å². The number of allylic oxidation sites excluding steroid dienone is 1. The van der Waals surface area contributed by atoms with Gasteiger partial charge in [-0.05, 0) is 88.8 Å². The van der Waals surface area contributed by atoms with Crippen molar-refractivity contribution in [3.05, 3.63) is 64.3 Å². The van der Waals surface area contributed by atoms with Crippen molar-refractivity contribution in [1.29, 1.82) is 0 Å². The van der Waals surface area contributed by atoms with Crippen molar-refractivity contribution in [2.75, 3.05) is 38.8 Å². The molecular weight excluding hydrogens is 923 g/mol. The third kappa shape index (κ3) is 11.2. The number of carbonyl (C=O) groups is 6. The summed E-state index contributed by atoms with van der Waals surface area (Å²) < 4.78 is 35.9. The van der Waals surface area contributed by atoms with Crippen LogP contribution in [0.3, 0.4) is 0 Å². The molecule has 1 aromatic carbocycles. The highest BCUT2D eigenvalue weighted by Crippen LogP contribution is 2.56. The minimum atomic E-state index is -1.72. The van der Waals surface area contributed by atoms with Crippen LogP contribution in [-0.2, 0) is 47.6 Å². The zero-order valence-corrected chi connectivity index (χ0v) is 41.9. The molecule has 6 N–H and O–H groups in total. The van der Waals surface area contributed by atoms with Gasteiger partial charge >= 0.3 is 11.9 Å². The number of aliphatic hydroxyl groups is 4. The molecule has 6 aliphatic rings. The number of hydrogen-bond acceptors (Lipinski definition) is 17. The lowest BCUT2D eigenvalue weighted by Gasteiger charge is -2.47. The lowest BCUT2D eigenvalue weighted by Crippen LogP contribution is -2.62. The Labute approximate surface area is 414 Å². The maximum atomic E-state index is 13.5. The van der Waals surface area contributed by atoms with E-state index in [4.69, 9.17) is 28.4 Å². The second-order valence-electron chi connectivity index (χ2n) is 20.7. The number of carbonyl (C=O) groups excluding carboxylic acids is 6. The molecule has 14 atom stereocenters. The fourth-order valence-corrected chi connectivity index (χ4v) is 11.3. The smallest absolute Gasteiger partial charge is 0.303 e. The van der Waals surface area contributed by atoms with Crippen molar-refractivity contribution in [2.45, 2.75) is 154 Å². The number of unbranched alkanes of at least 4 members (excludes halogenated alkanes) is 1. The van der Waals surface area contributed by atoms with Crippen molar-refractivity contribution < 1.29 is 77.6 Å². The number of piperidine rings is 1. The Bertz CT molecular complexity index is 2310. The van der Waals surface area contributed by atoms with E-state index in [1.165, 1.54) is 13.0 Å². The molecule has 6 unspecified atom stereocenters. The molecule has 1 aromatic rings. The third-order valence-corrected chi connectivity index (χ3v) is 15.2. The summed E-state index contributed by atoms with van der Waals surface area (Å²) >= 11 is 0. The molecule has 0 radical (unpaired) electrons. The first-order valence-corrected chi connectivity index (χ1v) is 24.8. The van der Waals surface area contributed by atoms with Gasteiger partial charge in [0.2, 0.25) is 11.8 Å². The van der Waals surface area contributed by atoms with Gasteiger partial charge in [0.15, 0.2) is 12.4 Å². The van der Waals surface area contributed by atoms with Crippen LogP contribution in [0.1, 0.15) is 114 Å². The lowest BCUT2D eigenvalue weighted by molar-refractivity contribution is -0.320. The standard InChI is InChI=1S/C52H71N3O16/c1-26(23-67-28(3)56)33-21-38(58)52(7)22-34-30(24-66-8)15-16-31(34)27(2)42(60)45(41(33)52)71-50-44(62)46(69-29(4)57)43(61)37(70-50)25-68-51(5,6)19-10-9-11-20-53-35-14-12-13-32-40(35)49(65)55(48(32)64)36-17-18-39(59)54-47(36)63/h10,12-14,19,22,26-27,30-31,36-38,42-46,50,53,58,60-62H,9,11,15-18,20-21,23-25H2,1-8H3,(H,54,59,63)/b19-10+,34-22-/t26-,27-,30-,31+,36?,37?,38+,42-,43?,44?,45-,46?,50?,52+/m1/s1. The largest absolute Gasteiger partial charge is 0.465 e. The summed E-state index contributed by atoms with van der Waals surface area (Å²) in [4.78, 5) is 76.3. The monoisotopic (exact) mass is 993 g/mol. The maximum Gasteiger partial charge on any atom is 0.303 e. The van der Waals surface area contributed by atoms with Crippen LogP contribution in [-0.4, -0.2) is 155 Å². The van der Waals surface area contributed by atoms with Gasteiger partial charge < -0.3 is 54.2 Å². The summed E-state index contributed by atoms with van der Waals surface area (Å²) in [5.74, 6) is -4.34. The highest BCUT2D eigenvalue weighted by molar-refractivity contribution is 6.25. The van der Waals surface area contributed by atoms with Gasteiger partial charge in [-0.2, -0.15) is 0 Å². The molecule has 71 heavy (non-hydrogen) atoms. The van der Waals surface area contributed by atoms with Gasteiger partial charge in [-0.15, -0.1) is 0 Å². The van der Waals surface area contributed by atoms with Gasteiger partial charge in [-0.1, -0.05) is 49.3 Å². The quantitative estimate of drug-likeness (QED) is 0.0533. The van der Waals surface area contributed by atoms with Crippen molar-refractivity contribution in [3.8, 4) is 0 Å². The SMILES string of the molecule is COC[C@H]1CC[C@@H]2/C1=C\[C@]1(C)C(=C([C@H](C)COC(C)=O)C[C@@H]1O)[C@@H](OC1OC(COC(C)(C)/C=C/CCCNc3cccc4c3C(=O)N(C3CCC(=O)NC3=O)C4=O)C(O)C(OC(C)=O)C1O)[C@H](O)[C@@H]2C. The van der Waals surface area contributed by atoms with E-state index < -0.39 is 108 Å². The molecule has 4 amide bonds. The number of rotatable bonds is 18. The molecule has 19 nitrogen and oxygen atoms in total. The number of imide groups is 2. The second-order valence-corrected chi connectivity index (χ2v) is 20.7. The average molecular weight is 994 g/mol. The number of esters is 2. The van der Waals surface area contributed by atoms with Crippen LogP contribution >= 0.6 is 0 Å². The van der Waals surface area contributed by atoms with E-state index in [0.717, 1.165) is 35.8 Å². The molecule has 0 aromatic heterocycles. The minimum Gasteiger partial charge on any atom is -0.465 e. The van der Waals surface area contributed by atoms with Crippen molar-refractivity contribution in [2.24, 2.45) is 29.1 Å². The molecule has 1 saturated carbocycles. The molecule has 0 bridgehead atoms. The summed E-state index contributed by atoms with van der Waals surface area (Å²) in [6.07, 6.45) is -1.99. The number of anilines is 1. The number of hydrogen-bond donors (Lipinski definition) is 6. The highest BCUT2D eigenvalue weighted by atomic mass is 16.7. The van der Waals surface area contributed by atoms with Gasteiger partial charge in [-0.3, -0.25) is 39.0 Å². The van der Waals surface area contributed by atoms with Crippen LogP contribution < -0.4 is 10.6 Å². The van der Waals surface area contributed by atoms with Gasteiger partial charge in [0.05, 0.1) is 48.8 Å². The predicted octanol–water partition coefficient (Wildman–Crippen LogP) is 3.27. The number of benzene rings is 1. The van der Waals surface area contributed by atoms with E-state index in [1.807, 2.05) is 32.9 Å². The van der Waals surface area contributed by atoms with Crippen LogP contribution in [0.5, 0.6) is 0 Å². The Kier molecular flexibility index (Phi) is 16.8. The Morgan fingerprint density at radius 3 is 2.45 bits per heavy atom. The first kappa shape index (κ1) is 53.9. The van der Waals surface area contributed by atoms with Gasteiger partial charge in [-0.25, -0.2) is 0 Å². The molecule has 390 valence electrons. The summed E-state index contributed by atoms with van der Waals surface area (Å²) in [5.41, 5.74) is 1.20. The maximum absolute atomic E-state index is 13.5. The van der Waals surface area contributed by atoms with Crippen LogP contribution in [0.15, 0.2) is 53.1 Å². The molecule has 3 aliphatic heterocycles. The van der Waals surface area contributed by atoms with E-state index in [-0.39, 0.29) is 61.4 Å². The zero-order valence-electron chi connectivity index (χ0n) is 41.9. The van der Waals surface area contributed by atoms with Crippen molar-refractivity contribution >= 4 is 41.3 Å².